The fourth-order valence-corrected chi connectivity index (χ4v) is 2.93. The maximum absolute atomic E-state index is 12.6. The van der Waals surface area contributed by atoms with Crippen LogP contribution in [0.1, 0.15) is 30.8 Å². The summed E-state index contributed by atoms with van der Waals surface area (Å²) in [6.07, 6.45) is 2.15. The van der Waals surface area contributed by atoms with Crippen molar-refractivity contribution in [3.8, 4) is 0 Å². The summed E-state index contributed by atoms with van der Waals surface area (Å²) in [4.78, 5) is 32.0. The molecule has 130 valence electrons. The number of aromatic nitrogens is 2. The second kappa shape index (κ2) is 6.93. The minimum atomic E-state index is -0.682. The lowest BCUT2D eigenvalue weighted by Gasteiger charge is -2.18. The number of pyridine rings is 1. The van der Waals surface area contributed by atoms with Crippen molar-refractivity contribution in [3.05, 3.63) is 42.2 Å². The Bertz CT molecular complexity index is 930. The monoisotopic (exact) mass is 339 g/mol. The van der Waals surface area contributed by atoms with Crippen LogP contribution in [0.2, 0.25) is 0 Å². The van der Waals surface area contributed by atoms with E-state index in [0.717, 1.165) is 21.8 Å². The van der Waals surface area contributed by atoms with Gasteiger partial charge in [0.05, 0.1) is 18.8 Å². The maximum Gasteiger partial charge on any atom is 0.328 e. The van der Waals surface area contributed by atoms with Crippen LogP contribution in [-0.4, -0.2) is 35.0 Å². The van der Waals surface area contributed by atoms with Crippen molar-refractivity contribution in [1.82, 2.24) is 15.3 Å². The van der Waals surface area contributed by atoms with Crippen molar-refractivity contribution < 1.29 is 14.3 Å². The number of methoxy groups -OCH3 is 1. The van der Waals surface area contributed by atoms with Gasteiger partial charge in [-0.05, 0) is 24.5 Å². The number of para-hydroxylation sites is 1. The highest BCUT2D eigenvalue weighted by atomic mass is 16.5. The van der Waals surface area contributed by atoms with Crippen molar-refractivity contribution >= 4 is 33.7 Å². The summed E-state index contributed by atoms with van der Waals surface area (Å²) in [5.41, 5.74) is 2.13. The Kier molecular flexibility index (Phi) is 4.70. The number of nitrogens with zero attached hydrogens (tertiary/aromatic N) is 1. The Balaban J connectivity index is 1.90. The van der Waals surface area contributed by atoms with Gasteiger partial charge in [-0.1, -0.05) is 32.0 Å². The Morgan fingerprint density at radius 1 is 1.20 bits per heavy atom. The van der Waals surface area contributed by atoms with E-state index in [0.29, 0.717) is 6.42 Å². The molecule has 1 aromatic carbocycles. The first-order chi connectivity index (χ1) is 12.0. The molecule has 1 atom stereocenters. The first-order valence-electron chi connectivity index (χ1n) is 8.24. The molecule has 1 amide bonds. The number of amides is 1. The standard InChI is InChI=1S/C19H21N3O3/c1-11(2)8-16(19(24)25-3)22-18(23)15-9-13-12-6-4-5-7-14(12)21-17(13)10-20-15/h4-7,9-11,16,21H,8H2,1-3H3,(H,22,23)/t16-/m0/s1. The molecule has 0 aliphatic rings. The second-order valence-corrected chi connectivity index (χ2v) is 6.46. The topological polar surface area (TPSA) is 84.1 Å². The summed E-state index contributed by atoms with van der Waals surface area (Å²) in [5, 5.41) is 4.69. The van der Waals surface area contributed by atoms with Gasteiger partial charge in [-0.3, -0.25) is 4.79 Å². The zero-order valence-electron chi connectivity index (χ0n) is 14.5. The molecule has 0 unspecified atom stereocenters. The Morgan fingerprint density at radius 3 is 2.68 bits per heavy atom. The molecule has 2 N–H and O–H groups in total. The van der Waals surface area contributed by atoms with Crippen LogP contribution >= 0.6 is 0 Å². The van der Waals surface area contributed by atoms with E-state index in [1.807, 2.05) is 38.1 Å². The smallest absolute Gasteiger partial charge is 0.328 e. The van der Waals surface area contributed by atoms with E-state index in [9.17, 15) is 9.59 Å². The van der Waals surface area contributed by atoms with Crippen molar-refractivity contribution in [2.75, 3.05) is 7.11 Å². The Morgan fingerprint density at radius 2 is 1.96 bits per heavy atom. The third-order valence-corrected chi connectivity index (χ3v) is 4.12. The van der Waals surface area contributed by atoms with E-state index in [4.69, 9.17) is 4.74 Å². The van der Waals surface area contributed by atoms with Gasteiger partial charge in [-0.25, -0.2) is 9.78 Å². The highest BCUT2D eigenvalue weighted by Crippen LogP contribution is 2.25. The number of rotatable bonds is 5. The van der Waals surface area contributed by atoms with Crippen LogP contribution in [0.25, 0.3) is 21.8 Å². The molecule has 0 radical (unpaired) electrons. The zero-order chi connectivity index (χ0) is 18.0. The fourth-order valence-electron chi connectivity index (χ4n) is 2.93. The quantitative estimate of drug-likeness (QED) is 0.700. The molecular formula is C19H21N3O3. The van der Waals surface area contributed by atoms with Crippen LogP contribution in [0, 0.1) is 5.92 Å². The number of carbonyl (C=O) groups excluding carboxylic acids is 2. The summed E-state index contributed by atoms with van der Waals surface area (Å²) in [6.45, 7) is 3.97. The van der Waals surface area contributed by atoms with E-state index >= 15 is 0 Å². The summed E-state index contributed by atoms with van der Waals surface area (Å²) >= 11 is 0. The van der Waals surface area contributed by atoms with Crippen molar-refractivity contribution in [3.63, 3.8) is 0 Å². The van der Waals surface area contributed by atoms with Gasteiger partial charge in [0, 0.05) is 16.3 Å². The highest BCUT2D eigenvalue weighted by molar-refractivity contribution is 6.09. The minimum Gasteiger partial charge on any atom is -0.467 e. The second-order valence-electron chi connectivity index (χ2n) is 6.46. The van der Waals surface area contributed by atoms with E-state index in [2.05, 4.69) is 15.3 Å². The van der Waals surface area contributed by atoms with Crippen LogP contribution in [0.15, 0.2) is 36.5 Å². The van der Waals surface area contributed by atoms with Crippen molar-refractivity contribution in [2.45, 2.75) is 26.3 Å². The third kappa shape index (κ3) is 3.47. The lowest BCUT2D eigenvalue weighted by Crippen LogP contribution is -2.42. The number of nitrogens with one attached hydrogen (secondary N) is 2. The van der Waals surface area contributed by atoms with Crippen molar-refractivity contribution in [1.29, 1.82) is 0 Å². The van der Waals surface area contributed by atoms with Crippen LogP contribution in [0.5, 0.6) is 0 Å². The van der Waals surface area contributed by atoms with E-state index in [-0.39, 0.29) is 17.5 Å². The van der Waals surface area contributed by atoms with E-state index < -0.39 is 12.0 Å². The molecule has 6 heteroatoms. The molecule has 0 saturated heterocycles. The minimum absolute atomic E-state index is 0.244. The molecule has 2 heterocycles. The average molecular weight is 339 g/mol. The summed E-state index contributed by atoms with van der Waals surface area (Å²) in [7, 11) is 1.32. The van der Waals surface area contributed by atoms with Gasteiger partial charge >= 0.3 is 5.97 Å². The van der Waals surface area contributed by atoms with Crippen LogP contribution in [0.3, 0.4) is 0 Å². The first kappa shape index (κ1) is 17.0. The summed E-state index contributed by atoms with van der Waals surface area (Å²) in [5.74, 6) is -0.591. The number of fused-ring (bicyclic) bond motifs is 3. The van der Waals surface area contributed by atoms with Gasteiger partial charge in [0.1, 0.15) is 11.7 Å². The van der Waals surface area contributed by atoms with E-state index in [1.165, 1.54) is 7.11 Å². The van der Waals surface area contributed by atoms with Gasteiger partial charge in [-0.15, -0.1) is 0 Å². The van der Waals surface area contributed by atoms with E-state index in [1.54, 1.807) is 12.3 Å². The van der Waals surface area contributed by atoms with Gasteiger partial charge in [-0.2, -0.15) is 0 Å². The predicted molar refractivity (Wildman–Crippen MR) is 96.3 cm³/mol. The SMILES string of the molecule is COC(=O)[C@H](CC(C)C)NC(=O)c1cc2c(cn1)[nH]c1ccccc12. The molecule has 0 aliphatic carbocycles. The van der Waals surface area contributed by atoms with Crippen LogP contribution in [0.4, 0.5) is 0 Å². The average Bonchev–Trinajstić information content (AvgIpc) is 2.97. The number of aromatic amines is 1. The number of esters is 1. The predicted octanol–water partition coefficient (Wildman–Crippen LogP) is 3.03. The summed E-state index contributed by atoms with van der Waals surface area (Å²) in [6, 6.07) is 8.93. The lowest BCUT2D eigenvalue weighted by atomic mass is 10.0. The number of carbonyl (C=O) groups is 2. The first-order valence-corrected chi connectivity index (χ1v) is 8.24. The molecule has 0 spiro atoms. The molecule has 25 heavy (non-hydrogen) atoms. The maximum atomic E-state index is 12.6. The molecule has 0 aliphatic heterocycles. The largest absolute Gasteiger partial charge is 0.467 e. The fraction of sp³-hybridized carbons (Fsp3) is 0.316. The molecule has 0 fully saturated rings. The normalized spacial score (nSPS) is 12.5. The highest BCUT2D eigenvalue weighted by Gasteiger charge is 2.24. The molecule has 6 nitrogen and oxygen atoms in total. The van der Waals surface area contributed by atoms with Gasteiger partial charge < -0.3 is 15.0 Å². The lowest BCUT2D eigenvalue weighted by molar-refractivity contribution is -0.143. The molecule has 0 bridgehead atoms. The van der Waals surface area contributed by atoms with Gasteiger partial charge in [0.2, 0.25) is 0 Å². The van der Waals surface area contributed by atoms with Crippen molar-refractivity contribution in [2.24, 2.45) is 5.92 Å². The number of benzene rings is 1. The Hall–Kier alpha value is -2.89. The molecule has 2 aromatic heterocycles. The molecule has 3 aromatic rings. The third-order valence-electron chi connectivity index (χ3n) is 4.12. The molecule has 0 saturated carbocycles. The Labute approximate surface area is 145 Å². The number of H-pyrrole nitrogens is 1. The number of hydrogen-bond acceptors (Lipinski definition) is 4. The van der Waals surface area contributed by atoms with Crippen LogP contribution in [-0.2, 0) is 9.53 Å². The molecule has 3 rings (SSSR count). The zero-order valence-corrected chi connectivity index (χ0v) is 14.5. The number of ether oxygens (including phenoxy) is 1. The summed E-state index contributed by atoms with van der Waals surface area (Å²) < 4.78 is 4.79. The molecular weight excluding hydrogens is 318 g/mol. The van der Waals surface area contributed by atoms with Gasteiger partial charge in [0.15, 0.2) is 0 Å². The van der Waals surface area contributed by atoms with Crippen LogP contribution < -0.4 is 5.32 Å². The van der Waals surface area contributed by atoms with Gasteiger partial charge in [0.25, 0.3) is 5.91 Å². The number of hydrogen-bond donors (Lipinski definition) is 2.